The van der Waals surface area contributed by atoms with Crippen molar-refractivity contribution in [3.63, 3.8) is 0 Å². The molecule has 1 aliphatic carbocycles. The van der Waals surface area contributed by atoms with E-state index >= 15 is 0 Å². The molecule has 0 aromatic heterocycles. The summed E-state index contributed by atoms with van der Waals surface area (Å²) in [5.74, 6) is -0.00769. The summed E-state index contributed by atoms with van der Waals surface area (Å²) in [6, 6.07) is 18.4. The molecule has 0 bridgehead atoms. The Hall–Kier alpha value is -2.83. The van der Waals surface area contributed by atoms with Gasteiger partial charge in [0.15, 0.2) is 0 Å². The molecule has 0 spiro atoms. The Kier molecular flexibility index (Phi) is 4.99. The molecule has 2 aliphatic rings. The van der Waals surface area contributed by atoms with E-state index in [1.807, 2.05) is 30.3 Å². The SMILES string of the molecule is O=S(=O)(Nc1ccc(F)cc1)c1ccc2c(c1)[C@H]1C=CC[C@H]1[C@@H](c1ccc(Cl)cc1)N2. The first-order valence-electron chi connectivity index (χ1n) is 10.0. The summed E-state index contributed by atoms with van der Waals surface area (Å²) >= 11 is 6.05. The van der Waals surface area contributed by atoms with Gasteiger partial charge in [-0.3, -0.25) is 4.72 Å². The molecule has 0 fully saturated rings. The predicted octanol–water partition coefficient (Wildman–Crippen LogP) is 6.11. The number of rotatable bonds is 4. The van der Waals surface area contributed by atoms with Gasteiger partial charge in [0, 0.05) is 22.3 Å². The molecule has 0 amide bonds. The van der Waals surface area contributed by atoms with Crippen molar-refractivity contribution in [2.45, 2.75) is 23.3 Å². The molecule has 7 heteroatoms. The van der Waals surface area contributed by atoms with Crippen molar-refractivity contribution in [2.24, 2.45) is 5.92 Å². The smallest absolute Gasteiger partial charge is 0.261 e. The Morgan fingerprint density at radius 2 is 1.74 bits per heavy atom. The molecule has 5 rings (SSSR count). The number of hydrogen-bond donors (Lipinski definition) is 2. The summed E-state index contributed by atoms with van der Waals surface area (Å²) in [5.41, 5.74) is 3.36. The highest BCUT2D eigenvalue weighted by Crippen LogP contribution is 2.50. The van der Waals surface area contributed by atoms with Gasteiger partial charge >= 0.3 is 0 Å². The third-order valence-corrected chi connectivity index (χ3v) is 7.60. The maximum Gasteiger partial charge on any atom is 0.261 e. The second-order valence-electron chi connectivity index (χ2n) is 7.89. The predicted molar refractivity (Wildman–Crippen MR) is 121 cm³/mol. The van der Waals surface area contributed by atoms with Crippen LogP contribution in [-0.4, -0.2) is 8.42 Å². The summed E-state index contributed by atoms with van der Waals surface area (Å²) in [6.07, 6.45) is 5.24. The molecule has 31 heavy (non-hydrogen) atoms. The van der Waals surface area contributed by atoms with Gasteiger partial charge < -0.3 is 5.32 Å². The van der Waals surface area contributed by atoms with E-state index in [2.05, 4.69) is 22.2 Å². The summed E-state index contributed by atoms with van der Waals surface area (Å²) in [6.45, 7) is 0. The largest absolute Gasteiger partial charge is 0.378 e. The van der Waals surface area contributed by atoms with Gasteiger partial charge in [-0.05, 0) is 78.1 Å². The second kappa shape index (κ2) is 7.70. The Bertz CT molecular complexity index is 1260. The van der Waals surface area contributed by atoms with Gasteiger partial charge in [0.2, 0.25) is 0 Å². The van der Waals surface area contributed by atoms with E-state index in [-0.39, 0.29) is 22.8 Å². The van der Waals surface area contributed by atoms with Gasteiger partial charge in [-0.25, -0.2) is 12.8 Å². The van der Waals surface area contributed by atoms with E-state index in [0.717, 1.165) is 23.2 Å². The van der Waals surface area contributed by atoms with Crippen LogP contribution in [0.2, 0.25) is 5.02 Å². The number of halogens is 2. The van der Waals surface area contributed by atoms with Gasteiger partial charge in [-0.1, -0.05) is 35.9 Å². The van der Waals surface area contributed by atoms with Crippen molar-refractivity contribution in [2.75, 3.05) is 10.0 Å². The topological polar surface area (TPSA) is 58.2 Å². The van der Waals surface area contributed by atoms with Gasteiger partial charge in [0.1, 0.15) is 5.82 Å². The highest BCUT2D eigenvalue weighted by Gasteiger charge is 2.38. The van der Waals surface area contributed by atoms with Gasteiger partial charge in [-0.2, -0.15) is 0 Å². The zero-order valence-electron chi connectivity index (χ0n) is 16.4. The van der Waals surface area contributed by atoms with Crippen molar-refractivity contribution in [1.82, 2.24) is 0 Å². The maximum absolute atomic E-state index is 13.1. The fraction of sp³-hybridized carbons (Fsp3) is 0.167. The molecular weight excluding hydrogens is 435 g/mol. The first kappa shape index (κ1) is 20.1. The Morgan fingerprint density at radius 1 is 1.00 bits per heavy atom. The average Bonchev–Trinajstić information content (AvgIpc) is 3.25. The zero-order valence-corrected chi connectivity index (χ0v) is 18.0. The number of nitrogens with one attached hydrogen (secondary N) is 2. The van der Waals surface area contributed by atoms with E-state index < -0.39 is 15.8 Å². The van der Waals surface area contributed by atoms with Crippen LogP contribution in [0.5, 0.6) is 0 Å². The zero-order chi connectivity index (χ0) is 21.6. The van der Waals surface area contributed by atoms with E-state index in [0.29, 0.717) is 10.7 Å². The molecule has 1 aliphatic heterocycles. The van der Waals surface area contributed by atoms with E-state index in [1.165, 1.54) is 24.3 Å². The maximum atomic E-state index is 13.1. The monoisotopic (exact) mass is 454 g/mol. The molecule has 0 saturated carbocycles. The molecule has 3 aromatic rings. The van der Waals surface area contributed by atoms with Crippen LogP contribution in [0.4, 0.5) is 15.8 Å². The summed E-state index contributed by atoms with van der Waals surface area (Å²) in [4.78, 5) is 0.182. The van der Waals surface area contributed by atoms with Crippen LogP contribution in [0.1, 0.15) is 29.5 Å². The minimum Gasteiger partial charge on any atom is -0.378 e. The number of hydrogen-bond acceptors (Lipinski definition) is 3. The molecule has 0 unspecified atom stereocenters. The molecule has 3 atom stereocenters. The third-order valence-electron chi connectivity index (χ3n) is 5.97. The first-order valence-corrected chi connectivity index (χ1v) is 11.9. The fourth-order valence-corrected chi connectivity index (χ4v) is 5.69. The lowest BCUT2D eigenvalue weighted by molar-refractivity contribution is 0.425. The van der Waals surface area contributed by atoms with Crippen LogP contribution < -0.4 is 10.0 Å². The lowest BCUT2D eigenvalue weighted by Gasteiger charge is -2.37. The molecule has 4 nitrogen and oxygen atoms in total. The third kappa shape index (κ3) is 3.82. The van der Waals surface area contributed by atoms with Crippen molar-refractivity contribution < 1.29 is 12.8 Å². The van der Waals surface area contributed by atoms with E-state index in [9.17, 15) is 12.8 Å². The van der Waals surface area contributed by atoms with Crippen molar-refractivity contribution in [3.05, 3.63) is 101 Å². The van der Waals surface area contributed by atoms with Crippen LogP contribution in [0.15, 0.2) is 83.8 Å². The number of fused-ring (bicyclic) bond motifs is 3. The normalized spacial score (nSPS) is 21.8. The van der Waals surface area contributed by atoms with Crippen LogP contribution in [0.3, 0.4) is 0 Å². The molecule has 0 saturated heterocycles. The van der Waals surface area contributed by atoms with Crippen LogP contribution in [0.25, 0.3) is 0 Å². The number of allylic oxidation sites excluding steroid dienone is 2. The molecular formula is C24H20ClFN2O2S. The van der Waals surface area contributed by atoms with Gasteiger partial charge in [-0.15, -0.1) is 0 Å². The number of benzene rings is 3. The quantitative estimate of drug-likeness (QED) is 0.468. The van der Waals surface area contributed by atoms with Gasteiger partial charge in [0.25, 0.3) is 10.0 Å². The Labute approximate surface area is 185 Å². The minimum atomic E-state index is -3.80. The molecule has 158 valence electrons. The summed E-state index contributed by atoms with van der Waals surface area (Å²) < 4.78 is 41.5. The summed E-state index contributed by atoms with van der Waals surface area (Å²) in [7, 11) is -3.80. The molecule has 1 heterocycles. The lowest BCUT2D eigenvalue weighted by Crippen LogP contribution is -2.29. The average molecular weight is 455 g/mol. The first-order chi connectivity index (χ1) is 14.9. The van der Waals surface area contributed by atoms with Crippen molar-refractivity contribution >= 4 is 33.0 Å². The van der Waals surface area contributed by atoms with Gasteiger partial charge in [0.05, 0.1) is 10.9 Å². The minimum absolute atomic E-state index is 0.115. The number of sulfonamides is 1. The van der Waals surface area contributed by atoms with E-state index in [4.69, 9.17) is 11.6 Å². The van der Waals surface area contributed by atoms with Crippen molar-refractivity contribution in [3.8, 4) is 0 Å². The molecule has 2 N–H and O–H groups in total. The van der Waals surface area contributed by atoms with E-state index in [1.54, 1.807) is 12.1 Å². The molecule has 0 radical (unpaired) electrons. The fourth-order valence-electron chi connectivity index (χ4n) is 4.47. The second-order valence-corrected chi connectivity index (χ2v) is 10.0. The summed E-state index contributed by atoms with van der Waals surface area (Å²) in [5, 5.41) is 4.30. The molecule has 3 aromatic carbocycles. The highest BCUT2D eigenvalue weighted by atomic mass is 35.5. The Morgan fingerprint density at radius 3 is 2.48 bits per heavy atom. The standard InChI is InChI=1S/C24H20ClFN2O2S/c25-16-6-4-15(5-7-16)24-21-3-1-2-20(21)22-14-19(12-13-23(22)27-24)31(29,30)28-18-10-8-17(26)9-11-18/h1-2,4-14,20-21,24,27-28H,3H2/t20-,21+,24+/m0/s1. The van der Waals surface area contributed by atoms with Crippen molar-refractivity contribution in [1.29, 1.82) is 0 Å². The van der Waals surface area contributed by atoms with Crippen LogP contribution in [0, 0.1) is 11.7 Å². The Balaban J connectivity index is 1.48. The lowest BCUT2D eigenvalue weighted by atomic mass is 9.77. The van der Waals surface area contributed by atoms with Crippen LogP contribution in [-0.2, 0) is 10.0 Å². The number of anilines is 2. The highest BCUT2D eigenvalue weighted by molar-refractivity contribution is 7.92. The van der Waals surface area contributed by atoms with Crippen LogP contribution >= 0.6 is 11.6 Å².